The number of amides is 1. The van der Waals surface area contributed by atoms with Gasteiger partial charge in [-0.2, -0.15) is 5.10 Å². The topological polar surface area (TPSA) is 59.0 Å². The minimum atomic E-state index is -0.000687. The summed E-state index contributed by atoms with van der Waals surface area (Å²) in [6.07, 6.45) is 4.60. The van der Waals surface area contributed by atoms with E-state index in [0.717, 1.165) is 17.7 Å². The maximum atomic E-state index is 12.2. The number of carbonyl (C=O) groups is 1. The quantitative estimate of drug-likeness (QED) is 0.896. The summed E-state index contributed by atoms with van der Waals surface area (Å²) in [6.45, 7) is 4.02. The molecule has 1 aliphatic rings. The molecule has 1 unspecified atom stereocenters. The molecule has 0 aliphatic carbocycles. The molecule has 2 N–H and O–H groups in total. The molecule has 0 radical (unpaired) electrons. The van der Waals surface area contributed by atoms with Gasteiger partial charge in [-0.05, 0) is 30.5 Å². The standard InChI is InChI=1S/C16H20N4O/c1-12-9-19-20(11-12)7-6-17-16(21)14-8-13-4-2-3-5-15(13)18-10-14/h2-5,9,11,14,18H,6-8,10H2,1H3,(H,17,21). The van der Waals surface area contributed by atoms with E-state index >= 15 is 0 Å². The van der Waals surface area contributed by atoms with Crippen molar-refractivity contribution in [3.8, 4) is 0 Å². The van der Waals surface area contributed by atoms with Gasteiger partial charge in [-0.1, -0.05) is 18.2 Å². The minimum absolute atomic E-state index is 0.000687. The highest BCUT2D eigenvalue weighted by Gasteiger charge is 2.23. The SMILES string of the molecule is Cc1cnn(CCNC(=O)C2CNc3ccccc3C2)c1. The molecule has 1 aromatic carbocycles. The lowest BCUT2D eigenvalue weighted by Gasteiger charge is -2.25. The van der Waals surface area contributed by atoms with E-state index in [4.69, 9.17) is 0 Å². The molecule has 110 valence electrons. The van der Waals surface area contributed by atoms with Crippen LogP contribution in [0.5, 0.6) is 0 Å². The first kappa shape index (κ1) is 13.7. The van der Waals surface area contributed by atoms with Gasteiger partial charge in [0.05, 0.1) is 18.7 Å². The molecule has 1 aliphatic heterocycles. The van der Waals surface area contributed by atoms with Crippen LogP contribution in [-0.4, -0.2) is 28.8 Å². The van der Waals surface area contributed by atoms with Gasteiger partial charge in [-0.15, -0.1) is 0 Å². The van der Waals surface area contributed by atoms with E-state index in [-0.39, 0.29) is 11.8 Å². The van der Waals surface area contributed by atoms with Crippen LogP contribution in [0.1, 0.15) is 11.1 Å². The lowest BCUT2D eigenvalue weighted by atomic mass is 9.93. The van der Waals surface area contributed by atoms with Crippen LogP contribution in [0.4, 0.5) is 5.69 Å². The zero-order chi connectivity index (χ0) is 14.7. The third-order valence-electron chi connectivity index (χ3n) is 3.80. The highest BCUT2D eigenvalue weighted by molar-refractivity contribution is 5.80. The summed E-state index contributed by atoms with van der Waals surface area (Å²) in [4.78, 5) is 12.2. The van der Waals surface area contributed by atoms with Crippen LogP contribution in [-0.2, 0) is 17.8 Å². The van der Waals surface area contributed by atoms with Crippen molar-refractivity contribution in [2.24, 2.45) is 5.92 Å². The molecule has 21 heavy (non-hydrogen) atoms. The Hall–Kier alpha value is -2.30. The van der Waals surface area contributed by atoms with Gasteiger partial charge in [-0.3, -0.25) is 9.48 Å². The fourth-order valence-electron chi connectivity index (χ4n) is 2.65. The van der Waals surface area contributed by atoms with Crippen LogP contribution >= 0.6 is 0 Å². The molecule has 0 spiro atoms. The number of rotatable bonds is 4. The van der Waals surface area contributed by atoms with Crippen molar-refractivity contribution in [2.75, 3.05) is 18.4 Å². The first-order valence-corrected chi connectivity index (χ1v) is 7.31. The van der Waals surface area contributed by atoms with Crippen molar-refractivity contribution in [3.05, 3.63) is 47.8 Å². The zero-order valence-electron chi connectivity index (χ0n) is 12.2. The second-order valence-electron chi connectivity index (χ2n) is 5.51. The van der Waals surface area contributed by atoms with Crippen LogP contribution in [0.3, 0.4) is 0 Å². The number of para-hydroxylation sites is 1. The third kappa shape index (κ3) is 3.24. The Morgan fingerprint density at radius 2 is 2.33 bits per heavy atom. The zero-order valence-corrected chi connectivity index (χ0v) is 12.2. The highest BCUT2D eigenvalue weighted by Crippen LogP contribution is 2.24. The van der Waals surface area contributed by atoms with E-state index in [0.29, 0.717) is 19.6 Å². The molecular weight excluding hydrogens is 264 g/mol. The van der Waals surface area contributed by atoms with Gasteiger partial charge in [0, 0.05) is 25.0 Å². The second kappa shape index (κ2) is 5.99. The summed E-state index contributed by atoms with van der Waals surface area (Å²) in [6, 6.07) is 8.16. The average molecular weight is 284 g/mol. The van der Waals surface area contributed by atoms with Gasteiger partial charge < -0.3 is 10.6 Å². The normalized spacial score (nSPS) is 16.9. The maximum absolute atomic E-state index is 12.2. The van der Waals surface area contributed by atoms with Crippen LogP contribution in [0.25, 0.3) is 0 Å². The van der Waals surface area contributed by atoms with Crippen LogP contribution in [0, 0.1) is 12.8 Å². The number of hydrogen-bond donors (Lipinski definition) is 2. The van der Waals surface area contributed by atoms with Crippen molar-refractivity contribution in [1.29, 1.82) is 0 Å². The molecule has 5 heteroatoms. The summed E-state index contributed by atoms with van der Waals surface area (Å²) in [7, 11) is 0. The molecule has 2 heterocycles. The van der Waals surface area contributed by atoms with Crippen molar-refractivity contribution >= 4 is 11.6 Å². The van der Waals surface area contributed by atoms with Gasteiger partial charge in [0.25, 0.3) is 0 Å². The van der Waals surface area contributed by atoms with Crippen molar-refractivity contribution in [1.82, 2.24) is 15.1 Å². The Kier molecular flexibility index (Phi) is 3.90. The summed E-state index contributed by atoms with van der Waals surface area (Å²) in [5, 5.41) is 10.5. The third-order valence-corrected chi connectivity index (χ3v) is 3.80. The van der Waals surface area contributed by atoms with E-state index in [2.05, 4.69) is 27.9 Å². The molecule has 3 rings (SSSR count). The Morgan fingerprint density at radius 3 is 3.14 bits per heavy atom. The predicted octanol–water partition coefficient (Wildman–Crippen LogP) is 1.59. The van der Waals surface area contributed by atoms with E-state index in [9.17, 15) is 4.79 Å². The van der Waals surface area contributed by atoms with Gasteiger partial charge in [0.2, 0.25) is 5.91 Å². The number of aromatic nitrogens is 2. The minimum Gasteiger partial charge on any atom is -0.384 e. The first-order valence-electron chi connectivity index (χ1n) is 7.31. The number of nitrogens with one attached hydrogen (secondary N) is 2. The lowest BCUT2D eigenvalue weighted by molar-refractivity contribution is -0.124. The monoisotopic (exact) mass is 284 g/mol. The number of fused-ring (bicyclic) bond motifs is 1. The molecule has 1 aromatic heterocycles. The molecule has 0 saturated carbocycles. The molecule has 0 saturated heterocycles. The summed E-state index contributed by atoms with van der Waals surface area (Å²) >= 11 is 0. The van der Waals surface area contributed by atoms with Crippen LogP contribution in [0.2, 0.25) is 0 Å². The smallest absolute Gasteiger partial charge is 0.225 e. The molecule has 5 nitrogen and oxygen atoms in total. The molecule has 2 aromatic rings. The number of nitrogens with zero attached hydrogens (tertiary/aromatic N) is 2. The number of hydrogen-bond acceptors (Lipinski definition) is 3. The molecule has 1 amide bonds. The average Bonchev–Trinajstić information content (AvgIpc) is 2.92. The van der Waals surface area contributed by atoms with Gasteiger partial charge in [0.1, 0.15) is 0 Å². The van der Waals surface area contributed by atoms with E-state index in [1.807, 2.05) is 36.1 Å². The summed E-state index contributed by atoms with van der Waals surface area (Å²) < 4.78 is 1.85. The lowest BCUT2D eigenvalue weighted by Crippen LogP contribution is -2.39. The predicted molar refractivity (Wildman–Crippen MR) is 82.1 cm³/mol. The first-order chi connectivity index (χ1) is 10.2. The van der Waals surface area contributed by atoms with E-state index in [1.54, 1.807) is 0 Å². The Morgan fingerprint density at radius 1 is 1.48 bits per heavy atom. The molecule has 1 atom stereocenters. The van der Waals surface area contributed by atoms with Crippen molar-refractivity contribution < 1.29 is 4.79 Å². The van der Waals surface area contributed by atoms with Crippen LogP contribution < -0.4 is 10.6 Å². The van der Waals surface area contributed by atoms with Crippen molar-refractivity contribution in [3.63, 3.8) is 0 Å². The molecular formula is C16H20N4O. The van der Waals surface area contributed by atoms with Gasteiger partial charge in [0.15, 0.2) is 0 Å². The number of aryl methyl sites for hydroxylation is 1. The van der Waals surface area contributed by atoms with Crippen LogP contribution in [0.15, 0.2) is 36.7 Å². The largest absolute Gasteiger partial charge is 0.384 e. The fourth-order valence-corrected chi connectivity index (χ4v) is 2.65. The Labute approximate surface area is 124 Å². The fraction of sp³-hybridized carbons (Fsp3) is 0.375. The van der Waals surface area contributed by atoms with Crippen molar-refractivity contribution in [2.45, 2.75) is 19.9 Å². The maximum Gasteiger partial charge on any atom is 0.225 e. The second-order valence-corrected chi connectivity index (χ2v) is 5.51. The number of benzene rings is 1. The van der Waals surface area contributed by atoms with Gasteiger partial charge in [-0.25, -0.2) is 0 Å². The molecule has 0 bridgehead atoms. The summed E-state index contributed by atoms with van der Waals surface area (Å²) in [5.41, 5.74) is 3.49. The van der Waals surface area contributed by atoms with Gasteiger partial charge >= 0.3 is 0 Å². The Balaban J connectivity index is 1.50. The number of anilines is 1. The number of carbonyl (C=O) groups excluding carboxylic acids is 1. The molecule has 0 fully saturated rings. The van der Waals surface area contributed by atoms with E-state index in [1.165, 1.54) is 5.56 Å². The highest BCUT2D eigenvalue weighted by atomic mass is 16.1. The summed E-state index contributed by atoms with van der Waals surface area (Å²) in [5.74, 6) is 0.111. The van der Waals surface area contributed by atoms with E-state index < -0.39 is 0 Å². The Bertz CT molecular complexity index is 635.